The second kappa shape index (κ2) is 9.15. The molecule has 6 nitrogen and oxygen atoms in total. The number of halogens is 1. The fourth-order valence-corrected chi connectivity index (χ4v) is 3.53. The van der Waals surface area contributed by atoms with Gasteiger partial charge in [-0.2, -0.15) is 0 Å². The molecule has 1 aliphatic rings. The first-order chi connectivity index (χ1) is 12.5. The van der Waals surface area contributed by atoms with Crippen LogP contribution in [0, 0.1) is 13.8 Å². The molecule has 0 saturated heterocycles. The minimum absolute atomic E-state index is 0. The molecule has 27 heavy (non-hydrogen) atoms. The molecule has 0 radical (unpaired) electrons. The molecule has 1 aromatic heterocycles. The topological polar surface area (TPSA) is 74.8 Å². The number of aryl methyl sites for hydroxylation is 2. The third kappa shape index (κ3) is 4.96. The van der Waals surface area contributed by atoms with Gasteiger partial charge in [-0.25, -0.2) is 4.79 Å². The summed E-state index contributed by atoms with van der Waals surface area (Å²) in [5.74, 6) is 0.424. The van der Waals surface area contributed by atoms with Crippen LogP contribution in [0.3, 0.4) is 0 Å². The standard InChI is InChI=1S/C20H26N2O4.ClH/c1-4-25-20(24)26-18-12-22(8-6-17(18)23)7-5-15-11-21-16-10-13(2)9-14(3)19(15)16;/h9-11,21,23H,4-8,12H2,1-3H3;1H. The van der Waals surface area contributed by atoms with E-state index in [9.17, 15) is 9.90 Å². The molecule has 1 aromatic carbocycles. The molecule has 0 aliphatic carbocycles. The number of rotatable bonds is 5. The number of aromatic nitrogens is 1. The highest BCUT2D eigenvalue weighted by molar-refractivity contribution is 5.87. The van der Waals surface area contributed by atoms with E-state index in [-0.39, 0.29) is 24.8 Å². The molecule has 1 aliphatic heterocycles. The van der Waals surface area contributed by atoms with Crippen LogP contribution in [0.2, 0.25) is 0 Å². The Morgan fingerprint density at radius 1 is 1.33 bits per heavy atom. The van der Waals surface area contributed by atoms with Crippen molar-refractivity contribution in [2.75, 3.05) is 26.2 Å². The zero-order valence-electron chi connectivity index (χ0n) is 16.0. The van der Waals surface area contributed by atoms with Gasteiger partial charge in [-0.05, 0) is 49.9 Å². The van der Waals surface area contributed by atoms with E-state index in [2.05, 4.69) is 42.1 Å². The van der Waals surface area contributed by atoms with Gasteiger partial charge in [-0.15, -0.1) is 12.4 Å². The Morgan fingerprint density at radius 3 is 2.85 bits per heavy atom. The van der Waals surface area contributed by atoms with Crippen LogP contribution >= 0.6 is 12.4 Å². The minimum atomic E-state index is -0.765. The van der Waals surface area contributed by atoms with Gasteiger partial charge in [0, 0.05) is 36.6 Å². The van der Waals surface area contributed by atoms with Crippen molar-refractivity contribution in [3.8, 4) is 0 Å². The van der Waals surface area contributed by atoms with E-state index >= 15 is 0 Å². The molecule has 0 unspecified atom stereocenters. The number of aromatic amines is 1. The van der Waals surface area contributed by atoms with Crippen molar-refractivity contribution in [3.05, 3.63) is 46.5 Å². The molecule has 0 saturated carbocycles. The lowest BCUT2D eigenvalue weighted by Crippen LogP contribution is -2.34. The molecule has 0 atom stereocenters. The Hall–Kier alpha value is -2.18. The summed E-state index contributed by atoms with van der Waals surface area (Å²) in [5.41, 5.74) is 4.98. The van der Waals surface area contributed by atoms with E-state index in [1.165, 1.54) is 27.6 Å². The predicted molar refractivity (Wildman–Crippen MR) is 108 cm³/mol. The van der Waals surface area contributed by atoms with Crippen molar-refractivity contribution in [2.24, 2.45) is 0 Å². The quantitative estimate of drug-likeness (QED) is 0.735. The number of nitrogens with one attached hydrogen (secondary N) is 1. The Morgan fingerprint density at radius 2 is 2.11 bits per heavy atom. The highest BCUT2D eigenvalue weighted by Crippen LogP contribution is 2.25. The summed E-state index contributed by atoms with van der Waals surface area (Å²) in [6.07, 6.45) is 2.67. The van der Waals surface area contributed by atoms with E-state index in [0.717, 1.165) is 19.5 Å². The molecule has 7 heteroatoms. The zero-order chi connectivity index (χ0) is 18.7. The molecule has 148 valence electrons. The van der Waals surface area contributed by atoms with Crippen LogP contribution in [0.5, 0.6) is 0 Å². The maximum atomic E-state index is 11.5. The van der Waals surface area contributed by atoms with Gasteiger partial charge >= 0.3 is 6.16 Å². The molecule has 2 aromatic rings. The SMILES string of the molecule is CCOC(=O)OC1=C(O)CCN(CCc2c[nH]c3cc(C)cc(C)c23)C1.Cl. The van der Waals surface area contributed by atoms with Gasteiger partial charge < -0.3 is 19.6 Å². The summed E-state index contributed by atoms with van der Waals surface area (Å²) in [7, 11) is 0. The average molecular weight is 395 g/mol. The van der Waals surface area contributed by atoms with E-state index < -0.39 is 6.16 Å². The molecule has 0 bridgehead atoms. The van der Waals surface area contributed by atoms with Crippen LogP contribution in [0.15, 0.2) is 29.8 Å². The van der Waals surface area contributed by atoms with Crippen molar-refractivity contribution in [1.82, 2.24) is 9.88 Å². The third-order valence-corrected chi connectivity index (χ3v) is 4.72. The number of H-pyrrole nitrogens is 1. The number of ether oxygens (including phenoxy) is 2. The maximum Gasteiger partial charge on any atom is 0.513 e. The Kier molecular flexibility index (Phi) is 7.16. The monoisotopic (exact) mass is 394 g/mol. The molecule has 0 amide bonds. The van der Waals surface area contributed by atoms with Crippen LogP contribution in [0.1, 0.15) is 30.0 Å². The van der Waals surface area contributed by atoms with Crippen LogP contribution < -0.4 is 0 Å². The van der Waals surface area contributed by atoms with Crippen molar-refractivity contribution < 1.29 is 19.4 Å². The lowest BCUT2D eigenvalue weighted by molar-refractivity contribution is 0.0663. The van der Waals surface area contributed by atoms with E-state index in [0.29, 0.717) is 18.7 Å². The number of benzene rings is 1. The maximum absolute atomic E-state index is 11.5. The lowest BCUT2D eigenvalue weighted by atomic mass is 10.0. The number of carbonyl (C=O) groups is 1. The third-order valence-electron chi connectivity index (χ3n) is 4.72. The van der Waals surface area contributed by atoms with Gasteiger partial charge in [0.25, 0.3) is 0 Å². The summed E-state index contributed by atoms with van der Waals surface area (Å²) in [6, 6.07) is 4.37. The second-order valence-corrected chi connectivity index (χ2v) is 6.75. The normalized spacial score (nSPS) is 14.9. The zero-order valence-corrected chi connectivity index (χ0v) is 16.8. The number of aliphatic hydroxyl groups excluding tert-OH is 1. The van der Waals surface area contributed by atoms with E-state index in [1.54, 1.807) is 6.92 Å². The lowest BCUT2D eigenvalue weighted by Gasteiger charge is -2.27. The van der Waals surface area contributed by atoms with Gasteiger partial charge in [0.2, 0.25) is 0 Å². The van der Waals surface area contributed by atoms with Gasteiger partial charge in [-0.3, -0.25) is 4.90 Å². The Labute approximate surface area is 165 Å². The molecule has 0 fully saturated rings. The molecule has 0 spiro atoms. The van der Waals surface area contributed by atoms with Gasteiger partial charge in [0.1, 0.15) is 5.76 Å². The van der Waals surface area contributed by atoms with Crippen molar-refractivity contribution in [3.63, 3.8) is 0 Å². The number of carbonyl (C=O) groups excluding carboxylic acids is 1. The number of hydrogen-bond donors (Lipinski definition) is 2. The number of aliphatic hydroxyl groups is 1. The number of fused-ring (bicyclic) bond motifs is 1. The van der Waals surface area contributed by atoms with Crippen LogP contribution in [-0.2, 0) is 15.9 Å². The predicted octanol–water partition coefficient (Wildman–Crippen LogP) is 4.40. The summed E-state index contributed by atoms with van der Waals surface area (Å²) in [5, 5.41) is 11.3. The van der Waals surface area contributed by atoms with Crippen molar-refractivity contribution in [2.45, 2.75) is 33.6 Å². The first-order valence-electron chi connectivity index (χ1n) is 9.03. The minimum Gasteiger partial charge on any atom is -0.509 e. The van der Waals surface area contributed by atoms with Crippen LogP contribution in [0.25, 0.3) is 10.9 Å². The summed E-state index contributed by atoms with van der Waals surface area (Å²) in [6.45, 7) is 8.17. The molecular formula is C20H27ClN2O4. The van der Waals surface area contributed by atoms with E-state index in [4.69, 9.17) is 9.47 Å². The van der Waals surface area contributed by atoms with Crippen LogP contribution in [-0.4, -0.2) is 47.4 Å². The van der Waals surface area contributed by atoms with Crippen molar-refractivity contribution >= 4 is 29.5 Å². The van der Waals surface area contributed by atoms with Crippen molar-refractivity contribution in [1.29, 1.82) is 0 Å². The largest absolute Gasteiger partial charge is 0.513 e. The fourth-order valence-electron chi connectivity index (χ4n) is 3.53. The van der Waals surface area contributed by atoms with Gasteiger partial charge in [0.05, 0.1) is 13.2 Å². The summed E-state index contributed by atoms with van der Waals surface area (Å²) >= 11 is 0. The fraction of sp³-hybridized carbons (Fsp3) is 0.450. The molecule has 2 N–H and O–H groups in total. The van der Waals surface area contributed by atoms with Crippen LogP contribution in [0.4, 0.5) is 4.79 Å². The van der Waals surface area contributed by atoms with Gasteiger partial charge in [-0.1, -0.05) is 6.07 Å². The number of nitrogens with zero attached hydrogens (tertiary/aromatic N) is 1. The molecule has 2 heterocycles. The Balaban J connectivity index is 0.00000261. The first kappa shape index (κ1) is 21.1. The Bertz CT molecular complexity index is 844. The molecule has 3 rings (SSSR count). The smallest absolute Gasteiger partial charge is 0.509 e. The summed E-state index contributed by atoms with van der Waals surface area (Å²) < 4.78 is 9.92. The van der Waals surface area contributed by atoms with Gasteiger partial charge in [0.15, 0.2) is 5.76 Å². The second-order valence-electron chi connectivity index (χ2n) is 6.75. The first-order valence-corrected chi connectivity index (χ1v) is 9.03. The molecular weight excluding hydrogens is 368 g/mol. The number of hydrogen-bond acceptors (Lipinski definition) is 5. The van der Waals surface area contributed by atoms with E-state index in [1.807, 2.05) is 0 Å². The summed E-state index contributed by atoms with van der Waals surface area (Å²) in [4.78, 5) is 17.0. The highest BCUT2D eigenvalue weighted by atomic mass is 35.5. The average Bonchev–Trinajstić information content (AvgIpc) is 2.99. The highest BCUT2D eigenvalue weighted by Gasteiger charge is 2.22.